The molecule has 122 valence electrons. The van der Waals surface area contributed by atoms with Gasteiger partial charge in [0, 0.05) is 13.0 Å². The van der Waals surface area contributed by atoms with E-state index in [1.54, 1.807) is 24.3 Å². The number of ether oxygens (including phenoxy) is 2. The van der Waals surface area contributed by atoms with Crippen LogP contribution >= 0.6 is 0 Å². The van der Waals surface area contributed by atoms with Crippen molar-refractivity contribution in [3.63, 3.8) is 0 Å². The molecule has 1 rings (SSSR count). The first-order chi connectivity index (χ1) is 10.2. The van der Waals surface area contributed by atoms with Crippen LogP contribution in [-0.2, 0) is 9.53 Å². The van der Waals surface area contributed by atoms with Gasteiger partial charge in [0.25, 0.3) is 5.91 Å². The van der Waals surface area contributed by atoms with Gasteiger partial charge in [0.2, 0.25) is 0 Å². The molecule has 1 unspecified atom stereocenters. The summed E-state index contributed by atoms with van der Waals surface area (Å²) < 4.78 is 10.6. The van der Waals surface area contributed by atoms with Gasteiger partial charge in [-0.3, -0.25) is 4.79 Å². The number of carbonyl (C=O) groups is 2. The Balaban J connectivity index is 2.70. The molecule has 0 fully saturated rings. The number of hydrogen-bond donors (Lipinski definition) is 2. The van der Waals surface area contributed by atoms with E-state index in [-0.39, 0.29) is 18.6 Å². The monoisotopic (exact) mass is 309 g/mol. The zero-order valence-corrected chi connectivity index (χ0v) is 13.4. The van der Waals surface area contributed by atoms with Gasteiger partial charge in [0.1, 0.15) is 11.8 Å². The van der Waals surface area contributed by atoms with E-state index in [4.69, 9.17) is 9.47 Å². The third-order valence-electron chi connectivity index (χ3n) is 2.90. The van der Waals surface area contributed by atoms with Gasteiger partial charge in [-0.05, 0) is 32.9 Å². The Hall–Kier alpha value is -2.08. The average molecular weight is 309 g/mol. The van der Waals surface area contributed by atoms with Crippen molar-refractivity contribution in [2.45, 2.75) is 38.8 Å². The standard InChI is InChI=1S/C16H23NO5/c1-16(2,3)22-10-9-12(15(19)20)17-14(18)11-7-5-6-8-13(11)21-4/h5-8,12H,9-10H2,1-4H3,(H,17,18)(H,19,20). The summed E-state index contributed by atoms with van der Waals surface area (Å²) in [4.78, 5) is 23.5. The second kappa shape index (κ2) is 7.79. The smallest absolute Gasteiger partial charge is 0.326 e. The van der Waals surface area contributed by atoms with Crippen LogP contribution in [0.2, 0.25) is 0 Å². The molecule has 2 N–H and O–H groups in total. The predicted molar refractivity (Wildman–Crippen MR) is 82.2 cm³/mol. The third-order valence-corrected chi connectivity index (χ3v) is 2.90. The lowest BCUT2D eigenvalue weighted by atomic mass is 10.1. The Morgan fingerprint density at radius 3 is 2.45 bits per heavy atom. The van der Waals surface area contributed by atoms with Crippen LogP contribution in [0.1, 0.15) is 37.6 Å². The molecule has 22 heavy (non-hydrogen) atoms. The number of methoxy groups -OCH3 is 1. The Morgan fingerprint density at radius 2 is 1.91 bits per heavy atom. The quantitative estimate of drug-likeness (QED) is 0.805. The molecule has 1 amide bonds. The zero-order chi connectivity index (χ0) is 16.8. The van der Waals surface area contributed by atoms with Crippen molar-refractivity contribution >= 4 is 11.9 Å². The van der Waals surface area contributed by atoms with Gasteiger partial charge in [-0.15, -0.1) is 0 Å². The second-order valence-corrected chi connectivity index (χ2v) is 5.81. The van der Waals surface area contributed by atoms with Crippen LogP contribution in [0, 0.1) is 0 Å². The maximum Gasteiger partial charge on any atom is 0.326 e. The summed E-state index contributed by atoms with van der Waals surface area (Å²) in [5.41, 5.74) is -0.0524. The number of para-hydroxylation sites is 1. The van der Waals surface area contributed by atoms with Gasteiger partial charge in [-0.25, -0.2) is 4.79 Å². The van der Waals surface area contributed by atoms with Gasteiger partial charge in [0.05, 0.1) is 18.3 Å². The number of carboxylic acid groups (broad SMARTS) is 1. The number of amides is 1. The minimum Gasteiger partial charge on any atom is -0.496 e. The van der Waals surface area contributed by atoms with Crippen molar-refractivity contribution in [2.75, 3.05) is 13.7 Å². The number of carbonyl (C=O) groups excluding carboxylic acids is 1. The highest BCUT2D eigenvalue weighted by molar-refractivity contribution is 5.98. The normalized spacial score (nSPS) is 12.5. The third kappa shape index (κ3) is 5.73. The van der Waals surface area contributed by atoms with E-state index in [0.717, 1.165) is 0 Å². The largest absolute Gasteiger partial charge is 0.496 e. The lowest BCUT2D eigenvalue weighted by Crippen LogP contribution is -2.42. The van der Waals surface area contributed by atoms with E-state index in [9.17, 15) is 14.7 Å². The first-order valence-corrected chi connectivity index (χ1v) is 7.05. The minimum atomic E-state index is -1.10. The molecule has 0 saturated carbocycles. The number of benzene rings is 1. The number of aliphatic carboxylic acids is 1. The summed E-state index contributed by atoms with van der Waals surface area (Å²) in [6, 6.07) is 5.64. The molecule has 1 atom stereocenters. The number of hydrogen-bond acceptors (Lipinski definition) is 4. The van der Waals surface area contributed by atoms with Crippen LogP contribution in [0.5, 0.6) is 5.75 Å². The molecule has 1 aromatic rings. The molecule has 6 nitrogen and oxygen atoms in total. The van der Waals surface area contributed by atoms with Crippen molar-refractivity contribution in [3.05, 3.63) is 29.8 Å². The van der Waals surface area contributed by atoms with E-state index in [1.807, 2.05) is 20.8 Å². The van der Waals surface area contributed by atoms with Crippen LogP contribution in [0.15, 0.2) is 24.3 Å². The maximum absolute atomic E-state index is 12.2. The van der Waals surface area contributed by atoms with Crippen LogP contribution in [0.25, 0.3) is 0 Å². The fourth-order valence-electron chi connectivity index (χ4n) is 1.81. The fourth-order valence-corrected chi connectivity index (χ4v) is 1.81. The van der Waals surface area contributed by atoms with Crippen molar-refractivity contribution in [1.82, 2.24) is 5.32 Å². The van der Waals surface area contributed by atoms with Gasteiger partial charge in [0.15, 0.2) is 0 Å². The van der Waals surface area contributed by atoms with E-state index in [0.29, 0.717) is 11.3 Å². The van der Waals surface area contributed by atoms with Crippen molar-refractivity contribution in [3.8, 4) is 5.75 Å². The van der Waals surface area contributed by atoms with Gasteiger partial charge in [-0.2, -0.15) is 0 Å². The average Bonchev–Trinajstić information content (AvgIpc) is 2.44. The van der Waals surface area contributed by atoms with E-state index in [1.165, 1.54) is 7.11 Å². The van der Waals surface area contributed by atoms with Gasteiger partial charge in [-0.1, -0.05) is 12.1 Å². The Labute approximate surface area is 130 Å². The lowest BCUT2D eigenvalue weighted by molar-refractivity contribution is -0.140. The molecule has 0 aliphatic carbocycles. The highest BCUT2D eigenvalue weighted by atomic mass is 16.5. The zero-order valence-electron chi connectivity index (χ0n) is 13.4. The van der Waals surface area contributed by atoms with Crippen molar-refractivity contribution in [2.24, 2.45) is 0 Å². The summed E-state index contributed by atoms with van der Waals surface area (Å²) in [5, 5.41) is 11.7. The van der Waals surface area contributed by atoms with Crippen molar-refractivity contribution in [1.29, 1.82) is 0 Å². The molecule has 1 aromatic carbocycles. The second-order valence-electron chi connectivity index (χ2n) is 5.81. The van der Waals surface area contributed by atoms with Gasteiger partial charge >= 0.3 is 5.97 Å². The van der Waals surface area contributed by atoms with Crippen molar-refractivity contribution < 1.29 is 24.2 Å². The van der Waals surface area contributed by atoms with Gasteiger partial charge < -0.3 is 19.9 Å². The lowest BCUT2D eigenvalue weighted by Gasteiger charge is -2.21. The molecule has 0 aliphatic rings. The Kier molecular flexibility index (Phi) is 6.37. The predicted octanol–water partition coefficient (Wildman–Crippen LogP) is 2.08. The minimum absolute atomic E-state index is 0.188. The summed E-state index contributed by atoms with van der Waals surface area (Å²) in [6.07, 6.45) is 0.188. The van der Waals surface area contributed by atoms with E-state index >= 15 is 0 Å². The molecule has 0 aliphatic heterocycles. The summed E-state index contributed by atoms with van der Waals surface area (Å²) in [7, 11) is 1.46. The highest BCUT2D eigenvalue weighted by Crippen LogP contribution is 2.17. The molecule has 0 aromatic heterocycles. The topological polar surface area (TPSA) is 84.9 Å². The first kappa shape index (κ1) is 18.0. The number of rotatable bonds is 7. The van der Waals surface area contributed by atoms with Crippen LogP contribution in [0.3, 0.4) is 0 Å². The molecule has 0 saturated heterocycles. The van der Waals surface area contributed by atoms with Crippen LogP contribution in [0.4, 0.5) is 0 Å². The van der Waals surface area contributed by atoms with Crippen LogP contribution in [-0.4, -0.2) is 42.3 Å². The fraction of sp³-hybridized carbons (Fsp3) is 0.500. The number of nitrogens with one attached hydrogen (secondary N) is 1. The number of carboxylic acids is 1. The molecule has 6 heteroatoms. The molecule has 0 heterocycles. The maximum atomic E-state index is 12.2. The first-order valence-electron chi connectivity index (χ1n) is 7.05. The molecular formula is C16H23NO5. The Morgan fingerprint density at radius 1 is 1.27 bits per heavy atom. The van der Waals surface area contributed by atoms with E-state index < -0.39 is 17.9 Å². The summed E-state index contributed by atoms with van der Waals surface area (Å²) >= 11 is 0. The SMILES string of the molecule is COc1ccccc1C(=O)NC(CCOC(C)(C)C)C(=O)O. The molecule has 0 bridgehead atoms. The molecule has 0 spiro atoms. The molecular weight excluding hydrogens is 286 g/mol. The Bertz CT molecular complexity index is 522. The molecule has 0 radical (unpaired) electrons. The summed E-state index contributed by atoms with van der Waals surface area (Å²) in [5.74, 6) is -1.18. The van der Waals surface area contributed by atoms with Crippen LogP contribution < -0.4 is 10.1 Å². The van der Waals surface area contributed by atoms with E-state index in [2.05, 4.69) is 5.32 Å². The summed E-state index contributed by atoms with van der Waals surface area (Å²) in [6.45, 7) is 5.90. The highest BCUT2D eigenvalue weighted by Gasteiger charge is 2.23.